The van der Waals surface area contributed by atoms with Gasteiger partial charge in [0.25, 0.3) is 10.0 Å². The van der Waals surface area contributed by atoms with E-state index in [4.69, 9.17) is 0 Å². The smallest absolute Gasteiger partial charge is 0.200 e. The quantitative estimate of drug-likeness (QED) is 0.518. The van der Waals surface area contributed by atoms with Crippen LogP contribution in [0.4, 0.5) is 0 Å². The topological polar surface area (TPSA) is 58.5 Å². The Morgan fingerprint density at radius 1 is 0.852 bits per heavy atom. The minimum atomic E-state index is -3.71. The summed E-state index contributed by atoms with van der Waals surface area (Å²) < 4.78 is 25.1. The lowest BCUT2D eigenvalue weighted by atomic mass is 10.0. The number of aryl methyl sites for hydroxylation is 2. The maximum atomic E-state index is 12.6. The highest BCUT2D eigenvalue weighted by Gasteiger charge is 2.16. The van der Waals surface area contributed by atoms with Crippen molar-refractivity contribution in [2.45, 2.75) is 25.7 Å². The second-order valence-corrected chi connectivity index (χ2v) is 8.13. The molecule has 0 aromatic heterocycles. The Labute approximate surface area is 160 Å². The molecular weight excluding hydrogens is 356 g/mol. The van der Waals surface area contributed by atoms with Gasteiger partial charge >= 0.3 is 0 Å². The van der Waals surface area contributed by atoms with Crippen molar-refractivity contribution in [1.29, 1.82) is 0 Å². The molecule has 0 saturated carbocycles. The molecule has 3 rings (SSSR count). The van der Waals surface area contributed by atoms with Gasteiger partial charge in [-0.2, -0.15) is 18.4 Å². The first-order valence-corrected chi connectivity index (χ1v) is 10.1. The molecule has 0 atom stereocenters. The first kappa shape index (κ1) is 18.9. The molecule has 0 saturated heterocycles. The van der Waals surface area contributed by atoms with Gasteiger partial charge in [0.2, 0.25) is 0 Å². The summed E-state index contributed by atoms with van der Waals surface area (Å²) in [4.78, 5) is 2.60. The van der Waals surface area contributed by atoms with Gasteiger partial charge in [0.05, 0.1) is 10.6 Å². The highest BCUT2D eigenvalue weighted by molar-refractivity contribution is 7.89. The normalized spacial score (nSPS) is 12.0. The molecule has 0 spiro atoms. The van der Waals surface area contributed by atoms with E-state index in [0.29, 0.717) is 11.3 Å². The zero-order valence-electron chi connectivity index (χ0n) is 15.6. The van der Waals surface area contributed by atoms with Crippen LogP contribution in [0, 0.1) is 13.8 Å². The van der Waals surface area contributed by atoms with Crippen molar-refractivity contribution >= 4 is 15.7 Å². The largest absolute Gasteiger partial charge is 0.276 e. The molecule has 0 bridgehead atoms. The van der Waals surface area contributed by atoms with E-state index in [1.54, 1.807) is 26.0 Å². The van der Waals surface area contributed by atoms with Gasteiger partial charge in [-0.25, -0.2) is 0 Å². The van der Waals surface area contributed by atoms with Crippen molar-refractivity contribution in [3.8, 4) is 11.1 Å². The minimum absolute atomic E-state index is 0.249. The summed E-state index contributed by atoms with van der Waals surface area (Å²) in [6.45, 7) is 5.41. The van der Waals surface area contributed by atoms with Gasteiger partial charge in [0.1, 0.15) is 0 Å². The molecule has 0 aliphatic heterocycles. The molecule has 3 aromatic rings. The van der Waals surface area contributed by atoms with Gasteiger partial charge in [-0.05, 0) is 54.7 Å². The van der Waals surface area contributed by atoms with Crippen molar-refractivity contribution in [3.63, 3.8) is 0 Å². The number of nitrogens with one attached hydrogen (secondary N) is 1. The third-order valence-corrected chi connectivity index (χ3v) is 5.73. The summed E-state index contributed by atoms with van der Waals surface area (Å²) in [5.41, 5.74) is 5.27. The van der Waals surface area contributed by atoms with Crippen molar-refractivity contribution < 1.29 is 8.42 Å². The lowest BCUT2D eigenvalue weighted by molar-refractivity contribution is 0.583. The number of hydrogen-bond donors (Lipinski definition) is 1. The van der Waals surface area contributed by atoms with Crippen molar-refractivity contribution in [1.82, 2.24) is 4.83 Å². The van der Waals surface area contributed by atoms with Crippen LogP contribution < -0.4 is 4.83 Å². The fourth-order valence-electron chi connectivity index (χ4n) is 2.77. The zero-order valence-corrected chi connectivity index (χ0v) is 16.4. The number of hydrogen-bond acceptors (Lipinski definition) is 3. The fraction of sp³-hybridized carbons (Fsp3) is 0.136. The summed E-state index contributed by atoms with van der Waals surface area (Å²) in [7, 11) is -3.71. The van der Waals surface area contributed by atoms with Crippen LogP contribution in [0.15, 0.2) is 82.8 Å². The number of benzene rings is 3. The highest BCUT2D eigenvalue weighted by atomic mass is 32.2. The molecule has 3 aromatic carbocycles. The van der Waals surface area contributed by atoms with E-state index >= 15 is 0 Å². The lowest BCUT2D eigenvalue weighted by Crippen LogP contribution is -2.21. The number of hydrazone groups is 1. The Morgan fingerprint density at radius 3 is 2.15 bits per heavy atom. The Bertz CT molecular complexity index is 1070. The van der Waals surface area contributed by atoms with E-state index in [1.165, 1.54) is 0 Å². The van der Waals surface area contributed by atoms with E-state index in [9.17, 15) is 8.42 Å². The molecule has 1 N–H and O–H groups in total. The second kappa shape index (κ2) is 7.76. The van der Waals surface area contributed by atoms with Crippen LogP contribution in [0.3, 0.4) is 0 Å². The predicted molar refractivity (Wildman–Crippen MR) is 110 cm³/mol. The Morgan fingerprint density at radius 2 is 1.48 bits per heavy atom. The molecule has 0 fully saturated rings. The molecule has 0 amide bonds. The third kappa shape index (κ3) is 4.44. The highest BCUT2D eigenvalue weighted by Crippen LogP contribution is 2.20. The summed E-state index contributed by atoms with van der Waals surface area (Å²) in [6.07, 6.45) is 0. The molecule has 0 aliphatic rings. The summed E-state index contributed by atoms with van der Waals surface area (Å²) in [6, 6.07) is 23.3. The van der Waals surface area contributed by atoms with Crippen LogP contribution in [0.2, 0.25) is 0 Å². The van der Waals surface area contributed by atoms with Gasteiger partial charge in [0.15, 0.2) is 0 Å². The van der Waals surface area contributed by atoms with Gasteiger partial charge in [-0.3, -0.25) is 0 Å². The third-order valence-electron chi connectivity index (χ3n) is 4.38. The summed E-state index contributed by atoms with van der Waals surface area (Å²) in [5.74, 6) is 0. The van der Waals surface area contributed by atoms with E-state index in [1.807, 2.05) is 67.6 Å². The average molecular weight is 378 g/mol. The number of nitrogens with zero attached hydrogens (tertiary/aromatic N) is 1. The molecule has 0 heterocycles. The van der Waals surface area contributed by atoms with Crippen LogP contribution >= 0.6 is 0 Å². The molecule has 0 radical (unpaired) electrons. The monoisotopic (exact) mass is 378 g/mol. The first-order valence-electron chi connectivity index (χ1n) is 8.66. The standard InChI is InChI=1S/C22H22N2O2S/c1-16-9-10-17(2)22(15-16)27(25,26)24-23-18(3)19-11-13-21(14-12-19)20-7-5-4-6-8-20/h4-15,24H,1-3H3/b23-18-. The van der Waals surface area contributed by atoms with Crippen molar-refractivity contribution in [3.05, 3.63) is 89.5 Å². The zero-order chi connectivity index (χ0) is 19.4. The Kier molecular flexibility index (Phi) is 5.42. The van der Waals surface area contributed by atoms with E-state index < -0.39 is 10.0 Å². The molecule has 0 aliphatic carbocycles. The maximum absolute atomic E-state index is 12.6. The molecule has 4 nitrogen and oxygen atoms in total. The lowest BCUT2D eigenvalue weighted by Gasteiger charge is -2.09. The van der Waals surface area contributed by atoms with Crippen molar-refractivity contribution in [2.75, 3.05) is 0 Å². The minimum Gasteiger partial charge on any atom is -0.200 e. The summed E-state index contributed by atoms with van der Waals surface area (Å²) >= 11 is 0. The van der Waals surface area contributed by atoms with Gasteiger partial charge in [-0.1, -0.05) is 66.7 Å². The summed E-state index contributed by atoms with van der Waals surface area (Å²) in [5, 5.41) is 4.09. The predicted octanol–water partition coefficient (Wildman–Crippen LogP) is 4.67. The van der Waals surface area contributed by atoms with E-state index in [2.05, 4.69) is 9.93 Å². The fourth-order valence-corrected chi connectivity index (χ4v) is 3.96. The average Bonchev–Trinajstić information content (AvgIpc) is 2.69. The maximum Gasteiger partial charge on any atom is 0.276 e. The molecule has 0 unspecified atom stereocenters. The molecule has 27 heavy (non-hydrogen) atoms. The number of rotatable bonds is 5. The molecule has 5 heteroatoms. The Hall–Kier alpha value is -2.92. The van der Waals surface area contributed by atoms with Crippen LogP contribution in [0.25, 0.3) is 11.1 Å². The molecular formula is C22H22N2O2S. The Balaban J connectivity index is 1.80. The van der Waals surface area contributed by atoms with Crippen LogP contribution in [0.5, 0.6) is 0 Å². The SMILES string of the molecule is C/C(=N/NS(=O)(=O)c1cc(C)ccc1C)c1ccc(-c2ccccc2)cc1. The molecule has 138 valence electrons. The van der Waals surface area contributed by atoms with E-state index in [0.717, 1.165) is 22.3 Å². The van der Waals surface area contributed by atoms with Crippen LogP contribution in [0.1, 0.15) is 23.6 Å². The second-order valence-electron chi connectivity index (χ2n) is 6.50. The van der Waals surface area contributed by atoms with Crippen LogP contribution in [-0.4, -0.2) is 14.1 Å². The van der Waals surface area contributed by atoms with Crippen LogP contribution in [-0.2, 0) is 10.0 Å². The first-order chi connectivity index (χ1) is 12.9. The van der Waals surface area contributed by atoms with Gasteiger partial charge in [0, 0.05) is 0 Å². The number of sulfonamides is 1. The van der Waals surface area contributed by atoms with Gasteiger partial charge < -0.3 is 0 Å². The van der Waals surface area contributed by atoms with Crippen molar-refractivity contribution in [2.24, 2.45) is 5.10 Å². The van der Waals surface area contributed by atoms with Gasteiger partial charge in [-0.15, -0.1) is 0 Å². The van der Waals surface area contributed by atoms with E-state index in [-0.39, 0.29) is 4.90 Å².